The molecule has 90 valence electrons. The summed E-state index contributed by atoms with van der Waals surface area (Å²) in [6.07, 6.45) is 0.850. The average molecular weight is 267 g/mol. The van der Waals surface area contributed by atoms with Gasteiger partial charge in [-0.15, -0.1) is 11.3 Å². The predicted molar refractivity (Wildman–Crippen MR) is 70.4 cm³/mol. The maximum absolute atomic E-state index is 11.7. The van der Waals surface area contributed by atoms with Crippen molar-refractivity contribution in [1.82, 2.24) is 10.3 Å². The van der Waals surface area contributed by atoms with E-state index in [2.05, 4.69) is 21.7 Å². The number of rotatable bonds is 5. The summed E-state index contributed by atoms with van der Waals surface area (Å²) in [6.45, 7) is 1.01. The van der Waals surface area contributed by atoms with E-state index in [0.717, 1.165) is 11.4 Å². The molecule has 2 heterocycles. The lowest BCUT2D eigenvalue weighted by molar-refractivity contribution is 0.0949. The van der Waals surface area contributed by atoms with Gasteiger partial charge in [-0.3, -0.25) is 4.79 Å². The molecular formula is C11H13N3OS2. The van der Waals surface area contributed by atoms with Crippen LogP contribution in [0, 0.1) is 0 Å². The molecule has 0 spiro atoms. The topological polar surface area (TPSA) is 68.0 Å². The summed E-state index contributed by atoms with van der Waals surface area (Å²) in [4.78, 5) is 15.8. The van der Waals surface area contributed by atoms with E-state index in [9.17, 15) is 4.79 Å². The number of hydrogen-bond donors (Lipinski definition) is 2. The van der Waals surface area contributed by atoms with Gasteiger partial charge in [-0.2, -0.15) is 11.3 Å². The van der Waals surface area contributed by atoms with E-state index < -0.39 is 0 Å². The molecule has 0 bridgehead atoms. The molecule has 0 aliphatic carbocycles. The molecule has 0 saturated carbocycles. The van der Waals surface area contributed by atoms with Crippen LogP contribution in [0.15, 0.2) is 22.2 Å². The Labute approximate surface area is 107 Å². The lowest BCUT2D eigenvalue weighted by atomic mass is 10.2. The van der Waals surface area contributed by atoms with Gasteiger partial charge in [-0.05, 0) is 28.8 Å². The maximum atomic E-state index is 11.7. The Hall–Kier alpha value is -1.24. The van der Waals surface area contributed by atoms with E-state index in [1.807, 2.05) is 5.38 Å². The van der Waals surface area contributed by atoms with Crippen LogP contribution in [-0.4, -0.2) is 17.4 Å². The summed E-state index contributed by atoms with van der Waals surface area (Å²) in [6, 6.07) is 2.06. The van der Waals surface area contributed by atoms with E-state index in [1.54, 1.807) is 16.7 Å². The van der Waals surface area contributed by atoms with Crippen molar-refractivity contribution in [3.05, 3.63) is 38.5 Å². The summed E-state index contributed by atoms with van der Waals surface area (Å²) in [7, 11) is 0. The zero-order chi connectivity index (χ0) is 12.1. The first-order chi connectivity index (χ1) is 8.29. The summed E-state index contributed by atoms with van der Waals surface area (Å²) in [5.41, 5.74) is 7.15. The van der Waals surface area contributed by atoms with E-state index in [1.165, 1.54) is 16.9 Å². The molecule has 3 N–H and O–H groups in total. The molecule has 0 aromatic carbocycles. The van der Waals surface area contributed by atoms with Crippen molar-refractivity contribution in [3.8, 4) is 0 Å². The van der Waals surface area contributed by atoms with Crippen molar-refractivity contribution in [2.75, 3.05) is 6.54 Å². The predicted octanol–water partition coefficient (Wildman–Crippen LogP) is 1.64. The van der Waals surface area contributed by atoms with Crippen LogP contribution in [0.25, 0.3) is 0 Å². The van der Waals surface area contributed by atoms with Crippen LogP contribution < -0.4 is 11.1 Å². The monoisotopic (exact) mass is 267 g/mol. The molecule has 4 nitrogen and oxygen atoms in total. The minimum Gasteiger partial charge on any atom is -0.350 e. The number of carbonyl (C=O) groups excluding carboxylic acids is 1. The number of nitrogens with one attached hydrogen (secondary N) is 1. The van der Waals surface area contributed by atoms with Crippen LogP contribution in [0.1, 0.15) is 21.1 Å². The van der Waals surface area contributed by atoms with Crippen molar-refractivity contribution >= 4 is 28.6 Å². The lowest BCUT2D eigenvalue weighted by Crippen LogP contribution is -2.25. The molecule has 0 saturated heterocycles. The Morgan fingerprint density at radius 1 is 1.47 bits per heavy atom. The number of aromatic nitrogens is 1. The Morgan fingerprint density at radius 3 is 3.00 bits per heavy atom. The Kier molecular flexibility index (Phi) is 4.24. The average Bonchev–Trinajstić information content (AvgIpc) is 2.99. The third-order valence-corrected chi connectivity index (χ3v) is 3.84. The molecule has 2 aromatic heterocycles. The molecular weight excluding hydrogens is 254 g/mol. The normalized spacial score (nSPS) is 10.4. The molecule has 2 aromatic rings. The van der Waals surface area contributed by atoms with Crippen LogP contribution in [0.2, 0.25) is 0 Å². The Balaban J connectivity index is 1.81. The van der Waals surface area contributed by atoms with E-state index in [4.69, 9.17) is 5.73 Å². The zero-order valence-electron chi connectivity index (χ0n) is 9.18. The van der Waals surface area contributed by atoms with Gasteiger partial charge in [0, 0.05) is 18.5 Å². The van der Waals surface area contributed by atoms with Gasteiger partial charge in [0.25, 0.3) is 5.91 Å². The van der Waals surface area contributed by atoms with Crippen molar-refractivity contribution in [3.63, 3.8) is 0 Å². The molecule has 0 unspecified atom stereocenters. The van der Waals surface area contributed by atoms with Crippen molar-refractivity contribution in [2.45, 2.75) is 13.0 Å². The fourth-order valence-corrected chi connectivity index (χ4v) is 2.71. The lowest BCUT2D eigenvalue weighted by Gasteiger charge is -2.01. The van der Waals surface area contributed by atoms with Gasteiger partial charge in [-0.25, -0.2) is 4.98 Å². The number of nitrogens with zero attached hydrogens (tertiary/aromatic N) is 1. The highest BCUT2D eigenvalue weighted by Crippen LogP contribution is 2.09. The minimum absolute atomic E-state index is 0.129. The van der Waals surface area contributed by atoms with Crippen molar-refractivity contribution in [1.29, 1.82) is 0 Å². The van der Waals surface area contributed by atoms with Crippen molar-refractivity contribution in [2.24, 2.45) is 5.73 Å². The highest BCUT2D eigenvalue weighted by atomic mass is 32.1. The highest BCUT2D eigenvalue weighted by molar-refractivity contribution is 7.09. The van der Waals surface area contributed by atoms with Gasteiger partial charge in [0.1, 0.15) is 10.7 Å². The standard InChI is InChI=1S/C11H13N3OS2/c12-5-10-14-9(7-17-10)11(15)13-3-1-8-2-4-16-6-8/h2,4,6-7H,1,3,5,12H2,(H,13,15). The van der Waals surface area contributed by atoms with Gasteiger partial charge in [0.05, 0.1) is 0 Å². The van der Waals surface area contributed by atoms with Gasteiger partial charge in [-0.1, -0.05) is 0 Å². The van der Waals surface area contributed by atoms with Gasteiger partial charge in [0.2, 0.25) is 0 Å². The molecule has 2 rings (SSSR count). The Morgan fingerprint density at radius 2 is 2.35 bits per heavy atom. The number of nitrogens with two attached hydrogens (primary N) is 1. The van der Waals surface area contributed by atoms with Crippen LogP contribution in [0.5, 0.6) is 0 Å². The third-order valence-electron chi connectivity index (χ3n) is 2.24. The number of hydrogen-bond acceptors (Lipinski definition) is 5. The Bertz CT molecular complexity index is 479. The molecule has 17 heavy (non-hydrogen) atoms. The zero-order valence-corrected chi connectivity index (χ0v) is 10.8. The SMILES string of the molecule is NCc1nc(C(=O)NCCc2ccsc2)cs1. The second-order valence-corrected chi connectivity index (χ2v) is 5.19. The number of carbonyl (C=O) groups is 1. The van der Waals surface area contributed by atoms with Crippen LogP contribution in [0.4, 0.5) is 0 Å². The van der Waals surface area contributed by atoms with Crippen LogP contribution in [0.3, 0.4) is 0 Å². The number of thiazole rings is 1. The fourth-order valence-electron chi connectivity index (χ4n) is 1.35. The molecule has 0 fully saturated rings. The maximum Gasteiger partial charge on any atom is 0.270 e. The molecule has 1 amide bonds. The van der Waals surface area contributed by atoms with E-state index in [0.29, 0.717) is 18.8 Å². The molecule has 6 heteroatoms. The molecule has 0 aliphatic heterocycles. The molecule has 0 aliphatic rings. The number of thiophene rings is 1. The molecule has 0 radical (unpaired) electrons. The smallest absolute Gasteiger partial charge is 0.270 e. The summed E-state index contributed by atoms with van der Waals surface area (Å²) >= 11 is 3.08. The first-order valence-corrected chi connectivity index (χ1v) is 7.05. The minimum atomic E-state index is -0.129. The fraction of sp³-hybridized carbons (Fsp3) is 0.273. The summed E-state index contributed by atoms with van der Waals surface area (Å²) in [5, 5.41) is 9.48. The summed E-state index contributed by atoms with van der Waals surface area (Å²) < 4.78 is 0. The second kappa shape index (κ2) is 5.90. The first kappa shape index (κ1) is 12.2. The molecule has 0 atom stereocenters. The quantitative estimate of drug-likeness (QED) is 0.865. The van der Waals surface area contributed by atoms with Gasteiger partial charge >= 0.3 is 0 Å². The summed E-state index contributed by atoms with van der Waals surface area (Å²) in [5.74, 6) is -0.129. The highest BCUT2D eigenvalue weighted by Gasteiger charge is 2.09. The number of amides is 1. The largest absolute Gasteiger partial charge is 0.350 e. The van der Waals surface area contributed by atoms with Crippen LogP contribution >= 0.6 is 22.7 Å². The van der Waals surface area contributed by atoms with E-state index >= 15 is 0 Å². The van der Waals surface area contributed by atoms with Gasteiger partial charge in [0.15, 0.2) is 0 Å². The van der Waals surface area contributed by atoms with Gasteiger partial charge < -0.3 is 11.1 Å². The first-order valence-electron chi connectivity index (χ1n) is 5.23. The van der Waals surface area contributed by atoms with Crippen molar-refractivity contribution < 1.29 is 4.79 Å². The second-order valence-electron chi connectivity index (χ2n) is 3.47. The third kappa shape index (κ3) is 3.36. The van der Waals surface area contributed by atoms with E-state index in [-0.39, 0.29) is 5.91 Å². The van der Waals surface area contributed by atoms with Crippen LogP contribution in [-0.2, 0) is 13.0 Å².